The van der Waals surface area contributed by atoms with E-state index in [1.807, 2.05) is 10.6 Å². The van der Waals surface area contributed by atoms with Crippen LogP contribution in [0.25, 0.3) is 0 Å². The minimum absolute atomic E-state index is 0.442. The van der Waals surface area contributed by atoms with E-state index in [9.17, 15) is 22.8 Å². The van der Waals surface area contributed by atoms with Crippen molar-refractivity contribution < 1.29 is 22.8 Å². The number of hydrogen-bond donors (Lipinski definition) is 2. The maximum absolute atomic E-state index is 12.6. The number of hydrogen-bond acceptors (Lipinski definition) is 2. The number of urea groups is 1. The number of alkyl halides is 4. The second-order valence-electron chi connectivity index (χ2n) is 3.60. The zero-order valence-electron chi connectivity index (χ0n) is 9.72. The van der Waals surface area contributed by atoms with E-state index >= 15 is 0 Å². The number of imide groups is 1. The highest BCUT2D eigenvalue weighted by Crippen LogP contribution is 2.34. The van der Waals surface area contributed by atoms with Crippen LogP contribution in [0.15, 0.2) is 24.3 Å². The van der Waals surface area contributed by atoms with Crippen molar-refractivity contribution in [2.45, 2.75) is 18.5 Å². The maximum Gasteiger partial charge on any atom is 0.418 e. The van der Waals surface area contributed by atoms with Gasteiger partial charge < -0.3 is 5.32 Å². The molecule has 0 aromatic heterocycles. The van der Waals surface area contributed by atoms with Crippen LogP contribution in [0.4, 0.5) is 23.7 Å². The molecule has 1 aromatic carbocycles. The Kier molecular flexibility index (Phi) is 4.77. The lowest BCUT2D eigenvalue weighted by molar-refractivity contribution is -0.136. The van der Waals surface area contributed by atoms with Crippen LogP contribution in [0.3, 0.4) is 0 Å². The van der Waals surface area contributed by atoms with E-state index in [0.29, 0.717) is 0 Å². The van der Waals surface area contributed by atoms with Gasteiger partial charge in [0.25, 0.3) is 0 Å². The first kappa shape index (κ1) is 15.3. The van der Waals surface area contributed by atoms with Gasteiger partial charge in [-0.1, -0.05) is 12.1 Å². The molecule has 0 radical (unpaired) electrons. The Hall–Kier alpha value is -1.76. The van der Waals surface area contributed by atoms with E-state index in [4.69, 9.17) is 11.6 Å². The molecule has 0 saturated heterocycles. The van der Waals surface area contributed by atoms with Gasteiger partial charge in [-0.25, -0.2) is 4.79 Å². The third-order valence-electron chi connectivity index (χ3n) is 2.08. The van der Waals surface area contributed by atoms with Gasteiger partial charge in [-0.2, -0.15) is 13.2 Å². The normalized spacial score (nSPS) is 12.7. The van der Waals surface area contributed by atoms with E-state index < -0.39 is 34.7 Å². The Labute approximate surface area is 111 Å². The molecule has 0 heterocycles. The fraction of sp³-hybridized carbons (Fsp3) is 0.273. The summed E-state index contributed by atoms with van der Waals surface area (Å²) in [7, 11) is 0. The van der Waals surface area contributed by atoms with Crippen LogP contribution in [0.1, 0.15) is 12.5 Å². The van der Waals surface area contributed by atoms with E-state index in [0.717, 1.165) is 12.1 Å². The molecule has 0 bridgehead atoms. The first-order valence-corrected chi connectivity index (χ1v) is 5.57. The van der Waals surface area contributed by atoms with Crippen molar-refractivity contribution in [2.75, 3.05) is 5.32 Å². The minimum atomic E-state index is -4.60. The topological polar surface area (TPSA) is 58.2 Å². The zero-order chi connectivity index (χ0) is 14.6. The molecule has 0 aliphatic carbocycles. The molecule has 2 N–H and O–H groups in total. The Bertz CT molecular complexity index is 489. The van der Waals surface area contributed by atoms with Gasteiger partial charge in [-0.05, 0) is 19.1 Å². The second-order valence-corrected chi connectivity index (χ2v) is 4.26. The monoisotopic (exact) mass is 294 g/mol. The molecule has 0 spiro atoms. The summed E-state index contributed by atoms with van der Waals surface area (Å²) in [4.78, 5) is 22.4. The van der Waals surface area contributed by atoms with Crippen molar-refractivity contribution in [3.8, 4) is 0 Å². The Morgan fingerprint density at radius 1 is 1.26 bits per heavy atom. The zero-order valence-corrected chi connectivity index (χ0v) is 10.5. The third kappa shape index (κ3) is 4.44. The number of carbonyl (C=O) groups is 2. The van der Waals surface area contributed by atoms with E-state index in [1.54, 1.807) is 0 Å². The minimum Gasteiger partial charge on any atom is -0.307 e. The number of anilines is 1. The molecule has 0 aliphatic heterocycles. The Morgan fingerprint density at radius 2 is 1.84 bits per heavy atom. The summed E-state index contributed by atoms with van der Waals surface area (Å²) in [5.74, 6) is -0.802. The van der Waals surface area contributed by atoms with Gasteiger partial charge in [0.2, 0.25) is 5.91 Å². The molecule has 0 fully saturated rings. The van der Waals surface area contributed by atoms with Crippen LogP contribution in [-0.2, 0) is 11.0 Å². The van der Waals surface area contributed by atoms with Gasteiger partial charge in [0.1, 0.15) is 5.38 Å². The standard InChI is InChI=1S/C11H10ClF3N2O2/c1-6(12)9(18)17-10(19)16-8-5-3-2-4-7(8)11(13,14)15/h2-6H,1H3,(H2,16,17,18,19). The average molecular weight is 295 g/mol. The van der Waals surface area contributed by atoms with Gasteiger partial charge >= 0.3 is 12.2 Å². The summed E-state index contributed by atoms with van der Waals surface area (Å²) >= 11 is 5.41. The van der Waals surface area contributed by atoms with Crippen LogP contribution < -0.4 is 10.6 Å². The molecule has 19 heavy (non-hydrogen) atoms. The fourth-order valence-corrected chi connectivity index (χ4v) is 1.26. The van der Waals surface area contributed by atoms with Crippen molar-refractivity contribution in [3.05, 3.63) is 29.8 Å². The van der Waals surface area contributed by atoms with Gasteiger partial charge in [-0.3, -0.25) is 10.1 Å². The van der Waals surface area contributed by atoms with Crippen LogP contribution >= 0.6 is 11.6 Å². The predicted octanol–water partition coefficient (Wildman–Crippen LogP) is 2.98. The highest BCUT2D eigenvalue weighted by atomic mass is 35.5. The number of amides is 3. The van der Waals surface area contributed by atoms with Crippen molar-refractivity contribution in [3.63, 3.8) is 0 Å². The molecule has 1 unspecified atom stereocenters. The number of nitrogens with one attached hydrogen (secondary N) is 2. The highest BCUT2D eigenvalue weighted by Gasteiger charge is 2.33. The van der Waals surface area contributed by atoms with Crippen LogP contribution in [-0.4, -0.2) is 17.3 Å². The van der Waals surface area contributed by atoms with Gasteiger partial charge in [0.15, 0.2) is 0 Å². The summed E-state index contributed by atoms with van der Waals surface area (Å²) in [6.45, 7) is 1.33. The van der Waals surface area contributed by atoms with Crippen LogP contribution in [0.2, 0.25) is 0 Å². The molecule has 104 valence electrons. The number of halogens is 4. The quantitative estimate of drug-likeness (QED) is 0.824. The molecular weight excluding hydrogens is 285 g/mol. The third-order valence-corrected chi connectivity index (χ3v) is 2.28. The first-order valence-electron chi connectivity index (χ1n) is 5.14. The molecule has 1 aromatic rings. The fourth-order valence-electron chi connectivity index (χ4n) is 1.20. The summed E-state index contributed by atoms with van der Waals surface area (Å²) < 4.78 is 37.9. The summed E-state index contributed by atoms with van der Waals surface area (Å²) in [5.41, 5.74) is -1.45. The maximum atomic E-state index is 12.6. The lowest BCUT2D eigenvalue weighted by Crippen LogP contribution is -2.38. The summed E-state index contributed by atoms with van der Waals surface area (Å²) in [5, 5.41) is 2.80. The van der Waals surface area contributed by atoms with E-state index in [-0.39, 0.29) is 0 Å². The Morgan fingerprint density at radius 3 is 2.37 bits per heavy atom. The van der Waals surface area contributed by atoms with E-state index in [1.165, 1.54) is 19.1 Å². The van der Waals surface area contributed by atoms with Crippen molar-refractivity contribution in [1.29, 1.82) is 0 Å². The summed E-state index contributed by atoms with van der Waals surface area (Å²) in [6, 6.07) is 3.35. The van der Waals surface area contributed by atoms with Gasteiger partial charge in [0, 0.05) is 0 Å². The predicted molar refractivity (Wildman–Crippen MR) is 63.9 cm³/mol. The molecule has 4 nitrogen and oxygen atoms in total. The Balaban J connectivity index is 2.83. The van der Waals surface area contributed by atoms with Crippen molar-refractivity contribution in [2.24, 2.45) is 0 Å². The lowest BCUT2D eigenvalue weighted by atomic mass is 10.1. The average Bonchev–Trinajstić information content (AvgIpc) is 2.27. The number of carbonyl (C=O) groups excluding carboxylic acids is 2. The van der Waals surface area contributed by atoms with Gasteiger partial charge in [-0.15, -0.1) is 11.6 Å². The lowest BCUT2D eigenvalue weighted by Gasteiger charge is -2.13. The highest BCUT2D eigenvalue weighted by molar-refractivity contribution is 6.31. The molecule has 1 rings (SSSR count). The largest absolute Gasteiger partial charge is 0.418 e. The van der Waals surface area contributed by atoms with Crippen LogP contribution in [0, 0.1) is 0 Å². The molecule has 8 heteroatoms. The van der Waals surface area contributed by atoms with E-state index in [2.05, 4.69) is 0 Å². The second kappa shape index (κ2) is 5.92. The SMILES string of the molecule is CC(Cl)C(=O)NC(=O)Nc1ccccc1C(F)(F)F. The van der Waals surface area contributed by atoms with Crippen molar-refractivity contribution in [1.82, 2.24) is 5.32 Å². The molecular formula is C11H10ClF3N2O2. The number of rotatable bonds is 2. The molecule has 0 saturated carbocycles. The van der Waals surface area contributed by atoms with Crippen molar-refractivity contribution >= 4 is 29.2 Å². The molecule has 1 atom stereocenters. The van der Waals surface area contributed by atoms with Crippen LogP contribution in [0.5, 0.6) is 0 Å². The van der Waals surface area contributed by atoms with Gasteiger partial charge in [0.05, 0.1) is 11.3 Å². The molecule has 3 amide bonds. The first-order chi connectivity index (χ1) is 8.71. The summed E-state index contributed by atoms with van der Waals surface area (Å²) in [6.07, 6.45) is -4.60. The molecule has 0 aliphatic rings. The smallest absolute Gasteiger partial charge is 0.307 e. The number of benzene rings is 1. The number of para-hydroxylation sites is 1.